The van der Waals surface area contributed by atoms with E-state index < -0.39 is 0 Å². The quantitative estimate of drug-likeness (QED) is 0.841. The van der Waals surface area contributed by atoms with E-state index in [1.165, 1.54) is 24.2 Å². The number of nitrogens with two attached hydrogens (primary N) is 1. The van der Waals surface area contributed by atoms with Crippen molar-refractivity contribution >= 4 is 0 Å². The van der Waals surface area contributed by atoms with Gasteiger partial charge in [-0.1, -0.05) is 0 Å². The normalized spacial score (nSPS) is 24.8. The van der Waals surface area contributed by atoms with E-state index in [0.29, 0.717) is 12.1 Å². The number of furan rings is 1. The molecule has 1 atom stereocenters. The molecule has 0 spiro atoms. The standard InChI is InChI=1S/C16H26N2O2/c17-8-2-11-19-13-5-9-18(10-6-13)15-3-1-4-16-14(15)7-12-20-16/h7,12-13,15H,1-6,8-11,17H2. The highest BCUT2D eigenvalue weighted by Gasteiger charge is 2.30. The summed E-state index contributed by atoms with van der Waals surface area (Å²) in [6.07, 6.45) is 9.18. The van der Waals surface area contributed by atoms with E-state index >= 15 is 0 Å². The van der Waals surface area contributed by atoms with Crippen molar-refractivity contribution < 1.29 is 9.15 Å². The van der Waals surface area contributed by atoms with E-state index in [2.05, 4.69) is 11.0 Å². The largest absolute Gasteiger partial charge is 0.469 e. The first-order valence-corrected chi connectivity index (χ1v) is 8.00. The lowest BCUT2D eigenvalue weighted by molar-refractivity contribution is -0.00451. The van der Waals surface area contributed by atoms with Crippen molar-refractivity contribution in [2.75, 3.05) is 26.2 Å². The first kappa shape index (κ1) is 14.1. The Balaban J connectivity index is 1.52. The molecular formula is C16H26N2O2. The van der Waals surface area contributed by atoms with Gasteiger partial charge < -0.3 is 14.9 Å². The molecule has 0 bridgehead atoms. The predicted molar refractivity (Wildman–Crippen MR) is 78.6 cm³/mol. The number of piperidine rings is 1. The number of rotatable bonds is 5. The number of nitrogens with zero attached hydrogens (tertiary/aromatic N) is 1. The first-order chi connectivity index (χ1) is 9.88. The molecule has 1 fully saturated rings. The second-order valence-corrected chi connectivity index (χ2v) is 5.96. The van der Waals surface area contributed by atoms with Gasteiger partial charge in [0.1, 0.15) is 5.76 Å². The highest BCUT2D eigenvalue weighted by Crippen LogP contribution is 2.36. The maximum Gasteiger partial charge on any atom is 0.108 e. The Labute approximate surface area is 121 Å². The van der Waals surface area contributed by atoms with E-state index in [0.717, 1.165) is 51.9 Å². The maximum absolute atomic E-state index is 5.89. The summed E-state index contributed by atoms with van der Waals surface area (Å²) in [5, 5.41) is 0. The van der Waals surface area contributed by atoms with Crippen LogP contribution in [-0.4, -0.2) is 37.2 Å². The summed E-state index contributed by atoms with van der Waals surface area (Å²) in [5.41, 5.74) is 6.93. The molecule has 20 heavy (non-hydrogen) atoms. The van der Waals surface area contributed by atoms with Gasteiger partial charge in [0.15, 0.2) is 0 Å². The molecule has 3 rings (SSSR count). The minimum absolute atomic E-state index is 0.435. The summed E-state index contributed by atoms with van der Waals surface area (Å²) in [5.74, 6) is 1.21. The molecule has 0 amide bonds. The third kappa shape index (κ3) is 3.08. The van der Waals surface area contributed by atoms with E-state index in [1.807, 2.05) is 6.26 Å². The van der Waals surface area contributed by atoms with Gasteiger partial charge in [-0.15, -0.1) is 0 Å². The lowest BCUT2D eigenvalue weighted by atomic mass is 9.90. The second kappa shape index (κ2) is 6.74. The smallest absolute Gasteiger partial charge is 0.108 e. The lowest BCUT2D eigenvalue weighted by Gasteiger charge is -2.38. The van der Waals surface area contributed by atoms with Gasteiger partial charge >= 0.3 is 0 Å². The molecule has 0 aromatic carbocycles. The maximum atomic E-state index is 5.89. The Kier molecular flexibility index (Phi) is 4.76. The first-order valence-electron chi connectivity index (χ1n) is 8.00. The Hall–Kier alpha value is -0.840. The van der Waals surface area contributed by atoms with Crippen LogP contribution in [0.3, 0.4) is 0 Å². The summed E-state index contributed by atoms with van der Waals surface area (Å²) in [6, 6.07) is 2.74. The lowest BCUT2D eigenvalue weighted by Crippen LogP contribution is -2.40. The number of hydrogen-bond donors (Lipinski definition) is 1. The third-order valence-electron chi connectivity index (χ3n) is 4.64. The molecule has 1 saturated heterocycles. The number of hydrogen-bond acceptors (Lipinski definition) is 4. The van der Waals surface area contributed by atoms with Crippen molar-refractivity contribution in [3.8, 4) is 0 Å². The number of ether oxygens (including phenoxy) is 1. The second-order valence-electron chi connectivity index (χ2n) is 5.96. The molecule has 2 N–H and O–H groups in total. The van der Waals surface area contributed by atoms with E-state index in [9.17, 15) is 0 Å². The zero-order valence-electron chi connectivity index (χ0n) is 12.2. The minimum Gasteiger partial charge on any atom is -0.469 e. The van der Waals surface area contributed by atoms with Crippen molar-refractivity contribution in [1.29, 1.82) is 0 Å². The molecule has 1 aromatic rings. The van der Waals surface area contributed by atoms with Crippen molar-refractivity contribution in [2.24, 2.45) is 5.73 Å². The number of likely N-dealkylation sites (tertiary alicyclic amines) is 1. The summed E-state index contributed by atoms with van der Waals surface area (Å²) >= 11 is 0. The van der Waals surface area contributed by atoms with Crippen molar-refractivity contribution in [3.63, 3.8) is 0 Å². The topological polar surface area (TPSA) is 51.6 Å². The Morgan fingerprint density at radius 2 is 2.15 bits per heavy atom. The predicted octanol–water partition coefficient (Wildman–Crippen LogP) is 2.49. The van der Waals surface area contributed by atoms with Gasteiger partial charge in [0.25, 0.3) is 0 Å². The van der Waals surface area contributed by atoms with Crippen molar-refractivity contribution in [1.82, 2.24) is 4.90 Å². The van der Waals surface area contributed by atoms with Gasteiger partial charge in [-0.2, -0.15) is 0 Å². The highest BCUT2D eigenvalue weighted by molar-refractivity contribution is 5.24. The van der Waals surface area contributed by atoms with Crippen LogP contribution >= 0.6 is 0 Å². The molecule has 0 saturated carbocycles. The summed E-state index contributed by atoms with van der Waals surface area (Å²) < 4.78 is 11.5. The molecule has 4 nitrogen and oxygen atoms in total. The zero-order chi connectivity index (χ0) is 13.8. The summed E-state index contributed by atoms with van der Waals surface area (Å²) in [7, 11) is 0. The van der Waals surface area contributed by atoms with E-state index in [-0.39, 0.29) is 0 Å². The number of aryl methyl sites for hydroxylation is 1. The summed E-state index contributed by atoms with van der Waals surface area (Å²) in [4.78, 5) is 2.62. The van der Waals surface area contributed by atoms with Crippen LogP contribution in [0.5, 0.6) is 0 Å². The Morgan fingerprint density at radius 3 is 2.95 bits per heavy atom. The Bertz CT molecular complexity index is 410. The minimum atomic E-state index is 0.435. The number of fused-ring (bicyclic) bond motifs is 1. The molecule has 2 heterocycles. The van der Waals surface area contributed by atoms with Crippen molar-refractivity contribution in [2.45, 2.75) is 50.7 Å². The van der Waals surface area contributed by atoms with Gasteiger partial charge in [-0.3, -0.25) is 4.90 Å². The molecule has 4 heteroatoms. The fourth-order valence-electron chi connectivity index (χ4n) is 3.53. The Morgan fingerprint density at radius 1 is 1.30 bits per heavy atom. The molecule has 2 aliphatic rings. The van der Waals surface area contributed by atoms with Gasteiger partial charge in [-0.05, 0) is 44.7 Å². The van der Waals surface area contributed by atoms with E-state index in [1.54, 1.807) is 0 Å². The van der Waals surface area contributed by atoms with Crippen LogP contribution < -0.4 is 5.73 Å². The molecule has 1 aliphatic carbocycles. The highest BCUT2D eigenvalue weighted by atomic mass is 16.5. The molecule has 1 unspecified atom stereocenters. The van der Waals surface area contributed by atoms with E-state index in [4.69, 9.17) is 14.9 Å². The van der Waals surface area contributed by atoms with Gasteiger partial charge in [0.2, 0.25) is 0 Å². The molecular weight excluding hydrogens is 252 g/mol. The fourth-order valence-corrected chi connectivity index (χ4v) is 3.53. The monoisotopic (exact) mass is 278 g/mol. The summed E-state index contributed by atoms with van der Waals surface area (Å²) in [6.45, 7) is 3.83. The van der Waals surface area contributed by atoms with Crippen LogP contribution in [0.2, 0.25) is 0 Å². The van der Waals surface area contributed by atoms with Crippen LogP contribution in [0.25, 0.3) is 0 Å². The van der Waals surface area contributed by atoms with Crippen LogP contribution in [0.15, 0.2) is 16.7 Å². The molecule has 1 aliphatic heterocycles. The van der Waals surface area contributed by atoms with Gasteiger partial charge in [0.05, 0.1) is 12.4 Å². The van der Waals surface area contributed by atoms with Crippen LogP contribution in [0, 0.1) is 0 Å². The van der Waals surface area contributed by atoms with Gasteiger partial charge in [-0.25, -0.2) is 0 Å². The SMILES string of the molecule is NCCCOC1CCN(C2CCCc3occc32)CC1. The van der Waals surface area contributed by atoms with Gasteiger partial charge in [0, 0.05) is 37.7 Å². The zero-order valence-corrected chi connectivity index (χ0v) is 12.2. The van der Waals surface area contributed by atoms with Crippen LogP contribution in [-0.2, 0) is 11.2 Å². The molecule has 0 radical (unpaired) electrons. The van der Waals surface area contributed by atoms with Crippen molar-refractivity contribution in [3.05, 3.63) is 23.7 Å². The molecule has 1 aromatic heterocycles. The third-order valence-corrected chi connectivity index (χ3v) is 4.64. The van der Waals surface area contributed by atoms with Crippen LogP contribution in [0.1, 0.15) is 49.5 Å². The van der Waals surface area contributed by atoms with Crippen LogP contribution in [0.4, 0.5) is 0 Å². The molecule has 112 valence electrons. The average molecular weight is 278 g/mol. The average Bonchev–Trinajstić information content (AvgIpc) is 2.97. The fraction of sp³-hybridized carbons (Fsp3) is 0.750.